The summed E-state index contributed by atoms with van der Waals surface area (Å²) < 4.78 is 73.0. The molecule has 2 atom stereocenters. The van der Waals surface area contributed by atoms with Gasteiger partial charge < -0.3 is 14.9 Å². The molecule has 9 heteroatoms. The first-order valence-corrected chi connectivity index (χ1v) is 3.65. The Morgan fingerprint density at radius 1 is 0.800 bits per heavy atom. The van der Waals surface area contributed by atoms with Gasteiger partial charge in [0.25, 0.3) is 0 Å². The lowest BCUT2D eigenvalue weighted by atomic mass is 10.4. The summed E-state index contributed by atoms with van der Waals surface area (Å²) in [4.78, 5) is 0. The van der Waals surface area contributed by atoms with E-state index in [1.807, 2.05) is 0 Å². The fraction of sp³-hybridized carbons (Fsp3) is 1.00. The average molecular weight is 242 g/mol. The molecule has 15 heavy (non-hydrogen) atoms. The van der Waals surface area contributed by atoms with Crippen LogP contribution < -0.4 is 0 Å². The topological polar surface area (TPSA) is 49.7 Å². The summed E-state index contributed by atoms with van der Waals surface area (Å²) in [6, 6.07) is 0. The molecule has 0 aromatic rings. The normalized spacial score (nSPS) is 17.6. The Hall–Kier alpha value is -0.540. The number of ether oxygens (including phenoxy) is 1. The van der Waals surface area contributed by atoms with Gasteiger partial charge in [-0.05, 0) is 0 Å². The van der Waals surface area contributed by atoms with Crippen molar-refractivity contribution in [2.75, 3.05) is 0 Å². The first-order valence-electron chi connectivity index (χ1n) is 3.65. The van der Waals surface area contributed by atoms with Crippen LogP contribution in [0.3, 0.4) is 0 Å². The summed E-state index contributed by atoms with van der Waals surface area (Å²) in [5.41, 5.74) is 0. The number of hydrogen-bond acceptors (Lipinski definition) is 3. The van der Waals surface area contributed by atoms with Crippen molar-refractivity contribution in [1.82, 2.24) is 0 Å². The first kappa shape index (κ1) is 14.5. The van der Waals surface area contributed by atoms with E-state index in [1.54, 1.807) is 0 Å². The van der Waals surface area contributed by atoms with Crippen LogP contribution in [0.25, 0.3) is 0 Å². The molecule has 0 fully saturated rings. The summed E-state index contributed by atoms with van der Waals surface area (Å²) in [5.74, 6) is 0. The SMILES string of the molecule is O[C@@H](CC(F)(F)F)O[C@@H](O)CC(F)(F)F. The van der Waals surface area contributed by atoms with Gasteiger partial charge in [0.05, 0.1) is 12.8 Å². The van der Waals surface area contributed by atoms with Gasteiger partial charge in [0.2, 0.25) is 0 Å². The van der Waals surface area contributed by atoms with E-state index in [1.165, 1.54) is 0 Å². The minimum absolute atomic E-state index is 1.85. The quantitative estimate of drug-likeness (QED) is 0.580. The van der Waals surface area contributed by atoms with Crippen molar-refractivity contribution in [3.05, 3.63) is 0 Å². The Kier molecular flexibility index (Phi) is 4.81. The highest BCUT2D eigenvalue weighted by atomic mass is 19.4. The predicted octanol–water partition coefficient (Wildman–Crippen LogP) is 1.54. The van der Waals surface area contributed by atoms with Crippen molar-refractivity contribution in [3.8, 4) is 0 Å². The summed E-state index contributed by atoms with van der Waals surface area (Å²) >= 11 is 0. The number of alkyl halides is 6. The Morgan fingerprint density at radius 3 is 1.27 bits per heavy atom. The van der Waals surface area contributed by atoms with Gasteiger partial charge in [0, 0.05) is 0 Å². The van der Waals surface area contributed by atoms with Crippen LogP contribution in [-0.2, 0) is 4.74 Å². The number of aliphatic hydroxyl groups excluding tert-OH is 2. The summed E-state index contributed by atoms with van der Waals surface area (Å²) in [6.45, 7) is 0. The predicted molar refractivity (Wildman–Crippen MR) is 34.4 cm³/mol. The lowest BCUT2D eigenvalue weighted by Gasteiger charge is -2.19. The van der Waals surface area contributed by atoms with Gasteiger partial charge in [-0.25, -0.2) is 0 Å². The molecule has 0 spiro atoms. The zero-order valence-electron chi connectivity index (χ0n) is 7.14. The second kappa shape index (κ2) is 4.99. The standard InChI is InChI=1S/C6H8F6O3/c7-5(8,9)1-3(13)15-4(14)2-6(10,11)12/h3-4,13-14H,1-2H2/t3-,4-/m1/s1. The highest BCUT2D eigenvalue weighted by Crippen LogP contribution is 2.25. The van der Waals surface area contributed by atoms with Gasteiger partial charge in [0.1, 0.15) is 0 Å². The molecule has 0 bridgehead atoms. The first-order chi connectivity index (χ1) is 6.49. The molecule has 0 aromatic carbocycles. The second-order valence-corrected chi connectivity index (χ2v) is 2.68. The van der Waals surface area contributed by atoms with Crippen molar-refractivity contribution in [2.24, 2.45) is 0 Å². The Morgan fingerprint density at radius 2 is 1.07 bits per heavy atom. The molecule has 0 heterocycles. The summed E-state index contributed by atoms with van der Waals surface area (Å²) in [5, 5.41) is 17.0. The van der Waals surface area contributed by atoms with E-state index in [4.69, 9.17) is 10.2 Å². The van der Waals surface area contributed by atoms with Gasteiger partial charge in [-0.1, -0.05) is 0 Å². The van der Waals surface area contributed by atoms with Gasteiger partial charge in [-0.15, -0.1) is 0 Å². The minimum atomic E-state index is -4.78. The van der Waals surface area contributed by atoms with E-state index in [-0.39, 0.29) is 0 Å². The van der Waals surface area contributed by atoms with Gasteiger partial charge in [-0.3, -0.25) is 0 Å². The average Bonchev–Trinajstić information content (AvgIpc) is 1.73. The molecular formula is C6H8F6O3. The number of aliphatic hydroxyl groups is 2. The molecule has 0 aliphatic rings. The van der Waals surface area contributed by atoms with Crippen molar-refractivity contribution >= 4 is 0 Å². The van der Waals surface area contributed by atoms with Crippen molar-refractivity contribution in [2.45, 2.75) is 37.8 Å². The maximum atomic E-state index is 11.6. The summed E-state index contributed by atoms with van der Waals surface area (Å²) in [7, 11) is 0. The van der Waals surface area contributed by atoms with E-state index in [9.17, 15) is 26.3 Å². The van der Waals surface area contributed by atoms with Crippen LogP contribution in [0.5, 0.6) is 0 Å². The number of rotatable bonds is 4. The minimum Gasteiger partial charge on any atom is -0.368 e. The molecule has 92 valence electrons. The third kappa shape index (κ3) is 9.76. The van der Waals surface area contributed by atoms with Crippen LogP contribution in [0.2, 0.25) is 0 Å². The van der Waals surface area contributed by atoms with Crippen LogP contribution in [0, 0.1) is 0 Å². The Bertz CT molecular complexity index is 168. The molecule has 0 radical (unpaired) electrons. The maximum Gasteiger partial charge on any atom is 0.393 e. The lowest BCUT2D eigenvalue weighted by molar-refractivity contribution is -0.273. The number of hydrogen-bond donors (Lipinski definition) is 2. The molecular weight excluding hydrogens is 234 g/mol. The zero-order valence-corrected chi connectivity index (χ0v) is 7.14. The molecule has 0 saturated heterocycles. The van der Waals surface area contributed by atoms with Gasteiger partial charge >= 0.3 is 12.4 Å². The summed E-state index contributed by atoms with van der Waals surface area (Å²) in [6.07, 6.45) is -18.3. The van der Waals surface area contributed by atoms with Crippen molar-refractivity contribution in [3.63, 3.8) is 0 Å². The van der Waals surface area contributed by atoms with Gasteiger partial charge in [0.15, 0.2) is 12.6 Å². The lowest BCUT2D eigenvalue weighted by Crippen LogP contribution is -2.30. The van der Waals surface area contributed by atoms with E-state index in [0.29, 0.717) is 0 Å². The van der Waals surface area contributed by atoms with Gasteiger partial charge in [-0.2, -0.15) is 26.3 Å². The van der Waals surface area contributed by atoms with Crippen molar-refractivity contribution in [1.29, 1.82) is 0 Å². The molecule has 2 N–H and O–H groups in total. The molecule has 0 aliphatic heterocycles. The molecule has 0 unspecified atom stereocenters. The third-order valence-electron chi connectivity index (χ3n) is 1.13. The molecule has 3 nitrogen and oxygen atoms in total. The van der Waals surface area contributed by atoms with Crippen LogP contribution >= 0.6 is 0 Å². The van der Waals surface area contributed by atoms with Crippen LogP contribution in [0.15, 0.2) is 0 Å². The van der Waals surface area contributed by atoms with E-state index < -0.39 is 37.8 Å². The highest BCUT2D eigenvalue weighted by molar-refractivity contribution is 4.57. The number of halogens is 6. The van der Waals surface area contributed by atoms with Crippen LogP contribution in [0.4, 0.5) is 26.3 Å². The second-order valence-electron chi connectivity index (χ2n) is 2.68. The smallest absolute Gasteiger partial charge is 0.368 e. The molecule has 0 aliphatic carbocycles. The fourth-order valence-electron chi connectivity index (χ4n) is 0.674. The highest BCUT2D eigenvalue weighted by Gasteiger charge is 2.36. The molecule has 0 amide bonds. The Balaban J connectivity index is 3.92. The fourth-order valence-corrected chi connectivity index (χ4v) is 0.674. The monoisotopic (exact) mass is 242 g/mol. The van der Waals surface area contributed by atoms with Crippen LogP contribution in [-0.4, -0.2) is 35.1 Å². The van der Waals surface area contributed by atoms with E-state index in [0.717, 1.165) is 0 Å². The Labute approximate surface area is 80.3 Å². The zero-order chi connectivity index (χ0) is 12.3. The molecule has 0 aromatic heterocycles. The van der Waals surface area contributed by atoms with Crippen molar-refractivity contribution < 1.29 is 41.3 Å². The van der Waals surface area contributed by atoms with E-state index >= 15 is 0 Å². The largest absolute Gasteiger partial charge is 0.393 e. The maximum absolute atomic E-state index is 11.6. The third-order valence-corrected chi connectivity index (χ3v) is 1.13. The van der Waals surface area contributed by atoms with Crippen LogP contribution in [0.1, 0.15) is 12.8 Å². The molecule has 0 rings (SSSR count). The van der Waals surface area contributed by atoms with E-state index in [2.05, 4.69) is 4.74 Å². The molecule has 0 saturated carbocycles.